The molecule has 0 saturated heterocycles. The predicted octanol–water partition coefficient (Wildman–Crippen LogP) is 1.98. The van der Waals surface area contributed by atoms with E-state index in [0.29, 0.717) is 24.8 Å². The van der Waals surface area contributed by atoms with Crippen molar-refractivity contribution in [1.82, 2.24) is 10.3 Å². The van der Waals surface area contributed by atoms with Crippen LogP contribution in [0.2, 0.25) is 0 Å². The number of hydrogen-bond donors (Lipinski definition) is 3. The summed E-state index contributed by atoms with van der Waals surface area (Å²) in [7, 11) is 0. The second-order valence-electron chi connectivity index (χ2n) is 5.64. The maximum Gasteiger partial charge on any atom is 0.335 e. The second-order valence-corrected chi connectivity index (χ2v) is 5.64. The van der Waals surface area contributed by atoms with Crippen LogP contribution in [-0.2, 0) is 4.79 Å². The minimum absolute atomic E-state index is 0.0171. The lowest BCUT2D eigenvalue weighted by molar-refractivity contribution is -0.120. The molecular formula is C15H21N3O3. The van der Waals surface area contributed by atoms with Gasteiger partial charge in [0.15, 0.2) is 0 Å². The molecule has 1 aromatic heterocycles. The number of anilines is 1. The summed E-state index contributed by atoms with van der Waals surface area (Å²) in [6, 6.07) is 3.43. The van der Waals surface area contributed by atoms with Gasteiger partial charge in [-0.25, -0.2) is 9.78 Å². The van der Waals surface area contributed by atoms with Gasteiger partial charge in [0.2, 0.25) is 5.91 Å². The van der Waals surface area contributed by atoms with Gasteiger partial charge in [-0.3, -0.25) is 4.79 Å². The fourth-order valence-electron chi connectivity index (χ4n) is 1.89. The van der Waals surface area contributed by atoms with E-state index in [1.165, 1.54) is 6.07 Å². The van der Waals surface area contributed by atoms with Gasteiger partial charge in [0.05, 0.1) is 5.56 Å². The third kappa shape index (κ3) is 4.73. The maximum absolute atomic E-state index is 11.6. The number of carbonyl (C=O) groups excluding carboxylic acids is 1. The first kappa shape index (κ1) is 15.3. The number of nitrogens with zero attached hydrogens (tertiary/aromatic N) is 1. The smallest absolute Gasteiger partial charge is 0.335 e. The molecule has 0 radical (unpaired) electrons. The van der Waals surface area contributed by atoms with Crippen molar-refractivity contribution in [3.63, 3.8) is 0 Å². The van der Waals surface area contributed by atoms with Crippen LogP contribution in [0.4, 0.5) is 5.82 Å². The molecular weight excluding hydrogens is 270 g/mol. The van der Waals surface area contributed by atoms with Crippen molar-refractivity contribution in [2.45, 2.75) is 45.1 Å². The van der Waals surface area contributed by atoms with Crippen molar-refractivity contribution < 1.29 is 14.7 Å². The largest absolute Gasteiger partial charge is 0.478 e. The molecule has 1 heterocycles. The van der Waals surface area contributed by atoms with Gasteiger partial charge in [0.25, 0.3) is 0 Å². The monoisotopic (exact) mass is 291 g/mol. The standard InChI is InChI=1S/C15H21N3O3/c1-9(2)12-7-10(15(20)21)8-13(18-12)16-6-5-14(19)17-11-3-4-11/h7-9,11H,3-6H2,1-2H3,(H,16,18)(H,17,19)(H,20,21). The van der Waals surface area contributed by atoms with E-state index in [-0.39, 0.29) is 17.4 Å². The highest BCUT2D eigenvalue weighted by Crippen LogP contribution is 2.19. The van der Waals surface area contributed by atoms with Crippen LogP contribution in [0, 0.1) is 0 Å². The zero-order valence-electron chi connectivity index (χ0n) is 12.3. The lowest BCUT2D eigenvalue weighted by Gasteiger charge is -2.11. The third-order valence-corrected chi connectivity index (χ3v) is 3.28. The van der Waals surface area contributed by atoms with E-state index >= 15 is 0 Å². The molecule has 0 aliphatic heterocycles. The van der Waals surface area contributed by atoms with Gasteiger partial charge in [-0.05, 0) is 30.9 Å². The molecule has 114 valence electrons. The number of rotatable bonds is 7. The van der Waals surface area contributed by atoms with Crippen LogP contribution >= 0.6 is 0 Å². The molecule has 0 bridgehead atoms. The summed E-state index contributed by atoms with van der Waals surface area (Å²) < 4.78 is 0. The van der Waals surface area contributed by atoms with Crippen molar-refractivity contribution in [3.05, 3.63) is 23.4 Å². The number of aromatic carboxylic acids is 1. The van der Waals surface area contributed by atoms with Crippen molar-refractivity contribution in [1.29, 1.82) is 0 Å². The predicted molar refractivity (Wildman–Crippen MR) is 79.6 cm³/mol. The fraction of sp³-hybridized carbons (Fsp3) is 0.533. The molecule has 6 heteroatoms. The van der Waals surface area contributed by atoms with Crippen molar-refractivity contribution in [2.24, 2.45) is 0 Å². The zero-order chi connectivity index (χ0) is 15.4. The molecule has 6 nitrogen and oxygen atoms in total. The molecule has 1 aromatic rings. The van der Waals surface area contributed by atoms with E-state index in [9.17, 15) is 9.59 Å². The molecule has 1 fully saturated rings. The Kier molecular flexibility index (Phi) is 4.77. The van der Waals surface area contributed by atoms with Crippen LogP contribution in [-0.4, -0.2) is 34.6 Å². The van der Waals surface area contributed by atoms with Crippen molar-refractivity contribution >= 4 is 17.7 Å². The number of pyridine rings is 1. The Balaban J connectivity index is 1.94. The molecule has 3 N–H and O–H groups in total. The fourth-order valence-corrected chi connectivity index (χ4v) is 1.89. The average molecular weight is 291 g/mol. The van der Waals surface area contributed by atoms with Crippen LogP contribution in [0.3, 0.4) is 0 Å². The van der Waals surface area contributed by atoms with Gasteiger partial charge < -0.3 is 15.7 Å². The van der Waals surface area contributed by atoms with Gasteiger partial charge >= 0.3 is 5.97 Å². The molecule has 1 saturated carbocycles. The SMILES string of the molecule is CC(C)c1cc(C(=O)O)cc(NCCC(=O)NC2CC2)n1. The van der Waals surface area contributed by atoms with E-state index in [1.807, 2.05) is 13.8 Å². The normalized spacial score (nSPS) is 14.0. The van der Waals surface area contributed by atoms with Crippen LogP contribution in [0.15, 0.2) is 12.1 Å². The van der Waals surface area contributed by atoms with E-state index in [2.05, 4.69) is 15.6 Å². The lowest BCUT2D eigenvalue weighted by atomic mass is 10.1. The number of nitrogens with one attached hydrogen (secondary N) is 2. The number of hydrogen-bond acceptors (Lipinski definition) is 4. The molecule has 0 atom stereocenters. The molecule has 1 aliphatic carbocycles. The number of aromatic nitrogens is 1. The quantitative estimate of drug-likeness (QED) is 0.714. The summed E-state index contributed by atoms with van der Waals surface area (Å²) in [4.78, 5) is 27.1. The number of carboxylic acids is 1. The Bertz CT molecular complexity index is 539. The summed E-state index contributed by atoms with van der Waals surface area (Å²) in [5.74, 6) is -0.321. The van der Waals surface area contributed by atoms with Gasteiger partial charge in [-0.15, -0.1) is 0 Å². The molecule has 0 unspecified atom stereocenters. The first-order valence-corrected chi connectivity index (χ1v) is 7.24. The molecule has 1 aliphatic rings. The van der Waals surface area contributed by atoms with Crippen molar-refractivity contribution in [3.8, 4) is 0 Å². The third-order valence-electron chi connectivity index (χ3n) is 3.28. The molecule has 0 aromatic carbocycles. The van der Waals surface area contributed by atoms with Crippen molar-refractivity contribution in [2.75, 3.05) is 11.9 Å². The number of carbonyl (C=O) groups is 2. The van der Waals surface area contributed by atoms with E-state index < -0.39 is 5.97 Å². The summed E-state index contributed by atoms with van der Waals surface area (Å²) in [5, 5.41) is 15.0. The summed E-state index contributed by atoms with van der Waals surface area (Å²) in [6.07, 6.45) is 2.49. The van der Waals surface area contributed by atoms with Crippen LogP contribution in [0.25, 0.3) is 0 Å². The van der Waals surface area contributed by atoms with E-state index in [0.717, 1.165) is 18.5 Å². The van der Waals surface area contributed by atoms with Gasteiger partial charge in [0.1, 0.15) is 5.82 Å². The Morgan fingerprint density at radius 3 is 2.67 bits per heavy atom. The van der Waals surface area contributed by atoms with E-state index in [4.69, 9.17) is 5.11 Å². The minimum atomic E-state index is -0.978. The highest BCUT2D eigenvalue weighted by atomic mass is 16.4. The molecule has 21 heavy (non-hydrogen) atoms. The second kappa shape index (κ2) is 6.56. The Labute approximate surface area is 124 Å². The topological polar surface area (TPSA) is 91.3 Å². The first-order chi connectivity index (χ1) is 9.95. The van der Waals surface area contributed by atoms with Gasteiger partial charge in [-0.1, -0.05) is 13.8 Å². The number of carboxylic acid groups (broad SMARTS) is 1. The summed E-state index contributed by atoms with van der Waals surface area (Å²) >= 11 is 0. The van der Waals surface area contributed by atoms with E-state index in [1.54, 1.807) is 6.07 Å². The number of amides is 1. The molecule has 1 amide bonds. The minimum Gasteiger partial charge on any atom is -0.478 e. The van der Waals surface area contributed by atoms with Gasteiger partial charge in [0, 0.05) is 24.7 Å². The van der Waals surface area contributed by atoms with Gasteiger partial charge in [-0.2, -0.15) is 0 Å². The molecule has 2 rings (SSSR count). The lowest BCUT2D eigenvalue weighted by Crippen LogP contribution is -2.27. The Hall–Kier alpha value is -2.11. The summed E-state index contributed by atoms with van der Waals surface area (Å²) in [6.45, 7) is 4.35. The zero-order valence-corrected chi connectivity index (χ0v) is 12.3. The first-order valence-electron chi connectivity index (χ1n) is 7.24. The molecule has 0 spiro atoms. The Morgan fingerprint density at radius 1 is 1.38 bits per heavy atom. The van der Waals surface area contributed by atoms with Crippen LogP contribution in [0.5, 0.6) is 0 Å². The maximum atomic E-state index is 11.6. The van der Waals surface area contributed by atoms with Crippen LogP contribution < -0.4 is 10.6 Å². The Morgan fingerprint density at radius 2 is 2.10 bits per heavy atom. The average Bonchev–Trinajstić information content (AvgIpc) is 3.22. The summed E-state index contributed by atoms with van der Waals surface area (Å²) in [5.41, 5.74) is 0.929. The van der Waals surface area contributed by atoms with Crippen LogP contribution in [0.1, 0.15) is 55.1 Å². The highest BCUT2D eigenvalue weighted by Gasteiger charge is 2.22. The highest BCUT2D eigenvalue weighted by molar-refractivity contribution is 5.88.